The van der Waals surface area contributed by atoms with Gasteiger partial charge in [0.25, 0.3) is 0 Å². The van der Waals surface area contributed by atoms with E-state index in [1.54, 1.807) is 24.5 Å². The van der Waals surface area contributed by atoms with Crippen LogP contribution >= 0.6 is 27.3 Å². The first-order valence-corrected chi connectivity index (χ1v) is 6.70. The minimum atomic E-state index is -0.141. The molecule has 0 aromatic carbocycles. The van der Waals surface area contributed by atoms with E-state index in [4.69, 9.17) is 10.5 Å². The molecular formula is C11H12BrN3OS. The lowest BCUT2D eigenvalue weighted by Crippen LogP contribution is -2.14. The third-order valence-corrected chi connectivity index (χ3v) is 4.01. The number of hydrogen-bond acceptors (Lipinski definition) is 5. The standard InChI is InChI=1S/C11H12BrN3OS/c1-16-11-4-10(14-6-15-11)9(13)3-8-2-7(12)5-17-8/h2,4-6,9H,3,13H2,1H3. The molecule has 2 heterocycles. The molecule has 0 fully saturated rings. The number of thiophene rings is 1. The Balaban J connectivity index is 2.11. The summed E-state index contributed by atoms with van der Waals surface area (Å²) in [5, 5.41) is 2.04. The van der Waals surface area contributed by atoms with Crippen LogP contribution in [0.2, 0.25) is 0 Å². The topological polar surface area (TPSA) is 61.0 Å². The Morgan fingerprint density at radius 3 is 2.94 bits per heavy atom. The maximum Gasteiger partial charge on any atom is 0.216 e. The second kappa shape index (κ2) is 5.57. The van der Waals surface area contributed by atoms with Crippen LogP contribution in [0.4, 0.5) is 0 Å². The van der Waals surface area contributed by atoms with Crippen molar-refractivity contribution in [2.24, 2.45) is 5.73 Å². The van der Waals surface area contributed by atoms with Crippen LogP contribution in [0, 0.1) is 0 Å². The van der Waals surface area contributed by atoms with Gasteiger partial charge in [-0.3, -0.25) is 0 Å². The summed E-state index contributed by atoms with van der Waals surface area (Å²) in [5.41, 5.74) is 6.90. The van der Waals surface area contributed by atoms with Crippen molar-refractivity contribution in [3.63, 3.8) is 0 Å². The lowest BCUT2D eigenvalue weighted by Gasteiger charge is -2.10. The molecule has 2 N–H and O–H groups in total. The highest BCUT2D eigenvalue weighted by Gasteiger charge is 2.11. The van der Waals surface area contributed by atoms with Crippen LogP contribution in [-0.2, 0) is 6.42 Å². The Bertz CT molecular complexity index is 503. The first-order chi connectivity index (χ1) is 8.19. The van der Waals surface area contributed by atoms with E-state index in [1.807, 2.05) is 5.38 Å². The molecule has 0 aliphatic heterocycles. The fourth-order valence-corrected chi connectivity index (χ4v) is 2.96. The van der Waals surface area contributed by atoms with E-state index in [-0.39, 0.29) is 6.04 Å². The van der Waals surface area contributed by atoms with Crippen molar-refractivity contribution in [1.82, 2.24) is 9.97 Å². The fraction of sp³-hybridized carbons (Fsp3) is 0.273. The fourth-order valence-electron chi connectivity index (χ4n) is 1.45. The molecule has 0 spiro atoms. The summed E-state index contributed by atoms with van der Waals surface area (Å²) in [7, 11) is 1.58. The molecule has 1 unspecified atom stereocenters. The van der Waals surface area contributed by atoms with Crippen LogP contribution in [0.15, 0.2) is 28.3 Å². The van der Waals surface area contributed by atoms with Crippen molar-refractivity contribution in [3.05, 3.63) is 38.9 Å². The number of aromatic nitrogens is 2. The van der Waals surface area contributed by atoms with Gasteiger partial charge in [0.1, 0.15) is 6.33 Å². The van der Waals surface area contributed by atoms with Crippen LogP contribution in [0.1, 0.15) is 16.6 Å². The number of hydrogen-bond donors (Lipinski definition) is 1. The molecule has 2 aromatic heterocycles. The number of methoxy groups -OCH3 is 1. The SMILES string of the molecule is COc1cc(C(N)Cc2cc(Br)cs2)ncn1. The molecule has 17 heavy (non-hydrogen) atoms. The second-order valence-electron chi connectivity index (χ2n) is 3.53. The van der Waals surface area contributed by atoms with Gasteiger partial charge in [0.2, 0.25) is 5.88 Å². The van der Waals surface area contributed by atoms with E-state index >= 15 is 0 Å². The normalized spacial score (nSPS) is 12.4. The third-order valence-electron chi connectivity index (χ3n) is 2.30. The van der Waals surface area contributed by atoms with Gasteiger partial charge in [-0.1, -0.05) is 0 Å². The smallest absolute Gasteiger partial charge is 0.216 e. The van der Waals surface area contributed by atoms with Crippen LogP contribution in [-0.4, -0.2) is 17.1 Å². The Morgan fingerprint density at radius 1 is 1.47 bits per heavy atom. The highest BCUT2D eigenvalue weighted by molar-refractivity contribution is 9.10. The van der Waals surface area contributed by atoms with E-state index in [9.17, 15) is 0 Å². The molecule has 0 aliphatic rings. The maximum atomic E-state index is 6.11. The Morgan fingerprint density at radius 2 is 2.29 bits per heavy atom. The molecular weight excluding hydrogens is 302 g/mol. The highest BCUT2D eigenvalue weighted by Crippen LogP contribution is 2.24. The van der Waals surface area contributed by atoms with E-state index < -0.39 is 0 Å². The number of rotatable bonds is 4. The summed E-state index contributed by atoms with van der Waals surface area (Å²) in [6, 6.07) is 3.70. The molecule has 0 saturated heterocycles. The van der Waals surface area contributed by atoms with Crippen molar-refractivity contribution < 1.29 is 4.74 Å². The average Bonchev–Trinajstić information content (AvgIpc) is 2.75. The quantitative estimate of drug-likeness (QED) is 0.942. The van der Waals surface area contributed by atoms with Gasteiger partial charge < -0.3 is 10.5 Å². The van der Waals surface area contributed by atoms with E-state index in [0.717, 1.165) is 16.6 Å². The van der Waals surface area contributed by atoms with Crippen molar-refractivity contribution in [2.45, 2.75) is 12.5 Å². The Hall–Kier alpha value is -0.980. The number of ether oxygens (including phenoxy) is 1. The summed E-state index contributed by atoms with van der Waals surface area (Å²) in [4.78, 5) is 9.35. The molecule has 0 amide bonds. The maximum absolute atomic E-state index is 6.11. The van der Waals surface area contributed by atoms with Gasteiger partial charge in [-0.25, -0.2) is 9.97 Å². The zero-order valence-electron chi connectivity index (χ0n) is 9.26. The zero-order valence-corrected chi connectivity index (χ0v) is 11.7. The van der Waals surface area contributed by atoms with Crippen molar-refractivity contribution in [2.75, 3.05) is 7.11 Å². The minimum Gasteiger partial charge on any atom is -0.481 e. The van der Waals surface area contributed by atoms with Gasteiger partial charge in [-0.15, -0.1) is 11.3 Å². The van der Waals surface area contributed by atoms with Gasteiger partial charge >= 0.3 is 0 Å². The highest BCUT2D eigenvalue weighted by atomic mass is 79.9. The van der Waals surface area contributed by atoms with Gasteiger partial charge in [0, 0.05) is 27.2 Å². The van der Waals surface area contributed by atoms with Crippen LogP contribution in [0.5, 0.6) is 5.88 Å². The molecule has 1 atom stereocenters. The molecule has 2 aromatic rings. The second-order valence-corrected chi connectivity index (χ2v) is 5.44. The molecule has 0 saturated carbocycles. The van der Waals surface area contributed by atoms with Crippen molar-refractivity contribution >= 4 is 27.3 Å². The molecule has 0 radical (unpaired) electrons. The summed E-state index contributed by atoms with van der Waals surface area (Å²) in [6.45, 7) is 0. The average molecular weight is 314 g/mol. The lowest BCUT2D eigenvalue weighted by molar-refractivity contribution is 0.395. The number of nitrogens with zero attached hydrogens (tertiary/aromatic N) is 2. The minimum absolute atomic E-state index is 0.141. The van der Waals surface area contributed by atoms with E-state index in [0.29, 0.717) is 5.88 Å². The van der Waals surface area contributed by atoms with Crippen LogP contribution < -0.4 is 10.5 Å². The summed E-state index contributed by atoms with van der Waals surface area (Å²) in [5.74, 6) is 0.540. The summed E-state index contributed by atoms with van der Waals surface area (Å²) < 4.78 is 6.14. The number of halogens is 1. The van der Waals surface area contributed by atoms with Crippen molar-refractivity contribution in [3.8, 4) is 5.88 Å². The Labute approximate surface area is 112 Å². The molecule has 90 valence electrons. The van der Waals surface area contributed by atoms with Gasteiger partial charge in [-0.2, -0.15) is 0 Å². The first-order valence-electron chi connectivity index (χ1n) is 5.03. The van der Waals surface area contributed by atoms with Crippen molar-refractivity contribution in [1.29, 1.82) is 0 Å². The van der Waals surface area contributed by atoms with E-state index in [2.05, 4.69) is 32.0 Å². The monoisotopic (exact) mass is 313 g/mol. The first kappa shape index (κ1) is 12.5. The summed E-state index contributed by atoms with van der Waals surface area (Å²) >= 11 is 5.11. The van der Waals surface area contributed by atoms with E-state index in [1.165, 1.54) is 11.2 Å². The largest absolute Gasteiger partial charge is 0.481 e. The van der Waals surface area contributed by atoms with Crippen LogP contribution in [0.3, 0.4) is 0 Å². The predicted octanol–water partition coefficient (Wildman–Crippen LogP) is 2.55. The summed E-state index contributed by atoms with van der Waals surface area (Å²) in [6.07, 6.45) is 2.23. The van der Waals surface area contributed by atoms with Gasteiger partial charge in [0.15, 0.2) is 0 Å². The lowest BCUT2D eigenvalue weighted by atomic mass is 10.1. The molecule has 2 rings (SSSR count). The predicted molar refractivity (Wildman–Crippen MR) is 71.2 cm³/mol. The molecule has 4 nitrogen and oxygen atoms in total. The number of nitrogens with two attached hydrogens (primary N) is 1. The molecule has 0 aliphatic carbocycles. The molecule has 6 heteroatoms. The van der Waals surface area contributed by atoms with Gasteiger partial charge in [-0.05, 0) is 22.0 Å². The zero-order chi connectivity index (χ0) is 12.3. The third kappa shape index (κ3) is 3.24. The van der Waals surface area contributed by atoms with Gasteiger partial charge in [0.05, 0.1) is 18.8 Å². The Kier molecular flexibility index (Phi) is 4.09. The molecule has 0 bridgehead atoms. The van der Waals surface area contributed by atoms with Crippen LogP contribution in [0.25, 0.3) is 0 Å².